The summed E-state index contributed by atoms with van der Waals surface area (Å²) >= 11 is 0. The van der Waals surface area contributed by atoms with Crippen molar-refractivity contribution in [2.24, 2.45) is 5.92 Å². The highest BCUT2D eigenvalue weighted by molar-refractivity contribution is 5.52. The van der Waals surface area contributed by atoms with Crippen LogP contribution in [0.5, 0.6) is 0 Å². The Morgan fingerprint density at radius 3 is 2.43 bits per heavy atom. The molecule has 6 heteroatoms. The molecule has 1 aromatic rings. The number of alkyl halides is 3. The van der Waals surface area contributed by atoms with Crippen molar-refractivity contribution in [3.8, 4) is 0 Å². The van der Waals surface area contributed by atoms with Crippen LogP contribution in [0.4, 0.5) is 19.0 Å². The summed E-state index contributed by atoms with van der Waals surface area (Å²) < 4.78 is 38.3. The van der Waals surface area contributed by atoms with E-state index < -0.39 is 12.1 Å². The first kappa shape index (κ1) is 16.1. The summed E-state index contributed by atoms with van der Waals surface area (Å²) in [6.45, 7) is 5.44. The molecule has 0 aromatic carbocycles. The van der Waals surface area contributed by atoms with Crippen LogP contribution in [0, 0.1) is 19.8 Å². The Labute approximate surface area is 123 Å². The van der Waals surface area contributed by atoms with Crippen LogP contribution < -0.4 is 10.2 Å². The number of aromatic nitrogens is 1. The van der Waals surface area contributed by atoms with Gasteiger partial charge in [-0.2, -0.15) is 13.2 Å². The maximum atomic E-state index is 12.8. The van der Waals surface area contributed by atoms with E-state index in [2.05, 4.69) is 10.3 Å². The molecule has 1 saturated heterocycles. The highest BCUT2D eigenvalue weighted by Gasteiger charge is 2.41. The Morgan fingerprint density at radius 1 is 1.29 bits per heavy atom. The number of pyridine rings is 1. The topological polar surface area (TPSA) is 28.2 Å². The highest BCUT2D eigenvalue weighted by Crippen LogP contribution is 2.36. The van der Waals surface area contributed by atoms with Crippen molar-refractivity contribution in [2.45, 2.75) is 39.4 Å². The van der Waals surface area contributed by atoms with Gasteiger partial charge in [0.25, 0.3) is 0 Å². The average Bonchev–Trinajstić information content (AvgIpc) is 2.41. The number of anilines is 1. The molecule has 1 aliphatic rings. The van der Waals surface area contributed by atoms with Gasteiger partial charge >= 0.3 is 6.18 Å². The molecule has 0 saturated carbocycles. The van der Waals surface area contributed by atoms with Gasteiger partial charge in [-0.05, 0) is 45.4 Å². The van der Waals surface area contributed by atoms with E-state index in [0.29, 0.717) is 19.6 Å². The maximum Gasteiger partial charge on any atom is 0.391 e. The lowest BCUT2D eigenvalue weighted by atomic mass is 9.95. The quantitative estimate of drug-likeness (QED) is 0.929. The van der Waals surface area contributed by atoms with Gasteiger partial charge in [0.1, 0.15) is 5.82 Å². The fourth-order valence-electron chi connectivity index (χ4n) is 2.92. The van der Waals surface area contributed by atoms with Gasteiger partial charge in [0, 0.05) is 30.9 Å². The minimum absolute atomic E-state index is 0.150. The second kappa shape index (κ2) is 6.22. The van der Waals surface area contributed by atoms with E-state index in [1.807, 2.05) is 31.9 Å². The smallest absolute Gasteiger partial charge is 0.356 e. The Bertz CT molecular complexity index is 492. The first-order chi connectivity index (χ1) is 9.82. The number of rotatable bonds is 3. The number of halogens is 3. The number of hydrogen-bond donors (Lipinski definition) is 1. The van der Waals surface area contributed by atoms with Crippen molar-refractivity contribution in [1.29, 1.82) is 0 Å². The van der Waals surface area contributed by atoms with Gasteiger partial charge < -0.3 is 10.2 Å². The largest absolute Gasteiger partial charge is 0.391 e. The van der Waals surface area contributed by atoms with E-state index in [9.17, 15) is 13.2 Å². The normalized spacial score (nSPS) is 17.3. The van der Waals surface area contributed by atoms with Crippen LogP contribution in [0.25, 0.3) is 0 Å². The lowest BCUT2D eigenvalue weighted by Gasteiger charge is -2.35. The summed E-state index contributed by atoms with van der Waals surface area (Å²) in [7, 11) is 1.86. The number of hydrogen-bond acceptors (Lipinski definition) is 3. The zero-order valence-electron chi connectivity index (χ0n) is 12.7. The van der Waals surface area contributed by atoms with E-state index in [-0.39, 0.29) is 12.8 Å². The van der Waals surface area contributed by atoms with Crippen LogP contribution in [-0.4, -0.2) is 31.3 Å². The van der Waals surface area contributed by atoms with Crippen molar-refractivity contribution in [2.75, 3.05) is 25.0 Å². The van der Waals surface area contributed by atoms with Gasteiger partial charge in [0.15, 0.2) is 0 Å². The molecule has 2 heterocycles. The van der Waals surface area contributed by atoms with Crippen molar-refractivity contribution in [1.82, 2.24) is 10.3 Å². The molecule has 0 spiro atoms. The van der Waals surface area contributed by atoms with Crippen LogP contribution in [0.3, 0.4) is 0 Å². The highest BCUT2D eigenvalue weighted by atomic mass is 19.4. The third kappa shape index (κ3) is 3.67. The molecule has 21 heavy (non-hydrogen) atoms. The molecule has 0 unspecified atom stereocenters. The Kier molecular flexibility index (Phi) is 4.76. The predicted octanol–water partition coefficient (Wildman–Crippen LogP) is 3.20. The SMILES string of the molecule is CNCc1c(C)cc(C)nc1N1CCC(C(F)(F)F)CC1. The van der Waals surface area contributed by atoms with Crippen molar-refractivity contribution in [3.05, 3.63) is 22.9 Å². The average molecular weight is 301 g/mol. The second-order valence-electron chi connectivity index (χ2n) is 5.72. The van der Waals surface area contributed by atoms with Gasteiger partial charge in [0.05, 0.1) is 5.92 Å². The predicted molar refractivity (Wildman–Crippen MR) is 77.5 cm³/mol. The Hall–Kier alpha value is -1.30. The maximum absolute atomic E-state index is 12.8. The van der Waals surface area contributed by atoms with Crippen molar-refractivity contribution >= 4 is 5.82 Å². The monoisotopic (exact) mass is 301 g/mol. The van der Waals surface area contributed by atoms with Gasteiger partial charge in [-0.3, -0.25) is 0 Å². The molecule has 2 rings (SSSR count). The molecule has 0 aliphatic carbocycles. The van der Waals surface area contributed by atoms with Crippen LogP contribution in [0.1, 0.15) is 29.7 Å². The zero-order valence-corrected chi connectivity index (χ0v) is 12.7. The molecular weight excluding hydrogens is 279 g/mol. The zero-order chi connectivity index (χ0) is 15.6. The summed E-state index contributed by atoms with van der Waals surface area (Å²) in [5, 5.41) is 3.11. The molecule has 1 aromatic heterocycles. The second-order valence-corrected chi connectivity index (χ2v) is 5.72. The van der Waals surface area contributed by atoms with Crippen LogP contribution in [0.15, 0.2) is 6.07 Å². The summed E-state index contributed by atoms with van der Waals surface area (Å²) in [6, 6.07) is 2.01. The standard InChI is InChI=1S/C15H22F3N3/c1-10-8-11(2)20-14(13(10)9-19-3)21-6-4-12(5-7-21)15(16,17)18/h8,12,19H,4-7,9H2,1-3H3. The van der Waals surface area contributed by atoms with E-state index in [0.717, 1.165) is 22.6 Å². The van der Waals surface area contributed by atoms with Gasteiger partial charge in [0.2, 0.25) is 0 Å². The number of aryl methyl sites for hydroxylation is 2. The number of nitrogens with zero attached hydrogens (tertiary/aromatic N) is 2. The minimum Gasteiger partial charge on any atom is -0.356 e. The lowest BCUT2D eigenvalue weighted by molar-refractivity contribution is -0.179. The molecule has 0 atom stereocenters. The van der Waals surface area contributed by atoms with E-state index in [1.165, 1.54) is 0 Å². The fraction of sp³-hybridized carbons (Fsp3) is 0.667. The molecule has 0 amide bonds. The molecule has 1 fully saturated rings. The summed E-state index contributed by atoms with van der Waals surface area (Å²) in [5.41, 5.74) is 3.11. The molecule has 3 nitrogen and oxygen atoms in total. The lowest BCUT2D eigenvalue weighted by Crippen LogP contribution is -2.40. The molecule has 1 N–H and O–H groups in total. The third-order valence-electron chi connectivity index (χ3n) is 4.06. The van der Waals surface area contributed by atoms with Crippen LogP contribution >= 0.6 is 0 Å². The molecular formula is C15H22F3N3. The minimum atomic E-state index is -4.07. The summed E-state index contributed by atoms with van der Waals surface area (Å²) in [4.78, 5) is 6.56. The Morgan fingerprint density at radius 2 is 1.90 bits per heavy atom. The van der Waals surface area contributed by atoms with E-state index in [1.54, 1.807) is 0 Å². The number of piperidine rings is 1. The molecule has 0 radical (unpaired) electrons. The van der Waals surface area contributed by atoms with Crippen LogP contribution in [-0.2, 0) is 6.54 Å². The first-order valence-corrected chi connectivity index (χ1v) is 7.26. The molecule has 1 aliphatic heterocycles. The fourth-order valence-corrected chi connectivity index (χ4v) is 2.92. The van der Waals surface area contributed by atoms with E-state index >= 15 is 0 Å². The molecule has 118 valence electrons. The Balaban J connectivity index is 2.20. The van der Waals surface area contributed by atoms with Gasteiger partial charge in [-0.1, -0.05) is 0 Å². The summed E-state index contributed by atoms with van der Waals surface area (Å²) in [5.74, 6) is -0.338. The molecule has 0 bridgehead atoms. The first-order valence-electron chi connectivity index (χ1n) is 7.26. The summed E-state index contributed by atoms with van der Waals surface area (Å²) in [6.07, 6.45) is -3.77. The number of nitrogens with one attached hydrogen (secondary N) is 1. The van der Waals surface area contributed by atoms with Gasteiger partial charge in [-0.25, -0.2) is 4.98 Å². The van der Waals surface area contributed by atoms with Gasteiger partial charge in [-0.15, -0.1) is 0 Å². The third-order valence-corrected chi connectivity index (χ3v) is 4.06. The van der Waals surface area contributed by atoms with Crippen molar-refractivity contribution < 1.29 is 13.2 Å². The van der Waals surface area contributed by atoms with E-state index in [4.69, 9.17) is 0 Å². The van der Waals surface area contributed by atoms with Crippen molar-refractivity contribution in [3.63, 3.8) is 0 Å². The van der Waals surface area contributed by atoms with Crippen LogP contribution in [0.2, 0.25) is 0 Å².